The van der Waals surface area contributed by atoms with Gasteiger partial charge in [-0.2, -0.15) is 13.2 Å². The minimum atomic E-state index is -4.46. The van der Waals surface area contributed by atoms with Crippen LogP contribution in [0.2, 0.25) is 5.02 Å². The quantitative estimate of drug-likeness (QED) is 0.921. The summed E-state index contributed by atoms with van der Waals surface area (Å²) in [6.07, 6.45) is -3.41. The zero-order valence-corrected chi connectivity index (χ0v) is 12.8. The molecule has 0 fully saturated rings. The summed E-state index contributed by atoms with van der Waals surface area (Å²) < 4.78 is 40.3. The van der Waals surface area contributed by atoms with Gasteiger partial charge in [0.1, 0.15) is 0 Å². The molecule has 0 spiro atoms. The molecular formula is C14H17ClF3N3. The van der Waals surface area contributed by atoms with Crippen LogP contribution in [0.3, 0.4) is 0 Å². The maximum atomic E-state index is 13.0. The molecule has 0 saturated heterocycles. The van der Waals surface area contributed by atoms with E-state index < -0.39 is 11.7 Å². The molecule has 2 heterocycles. The normalized spacial score (nSPS) is 14.1. The number of halogens is 4. The molecule has 0 aliphatic carbocycles. The van der Waals surface area contributed by atoms with Gasteiger partial charge in [0.25, 0.3) is 0 Å². The minimum Gasteiger partial charge on any atom is -0.330 e. The van der Waals surface area contributed by atoms with Crippen molar-refractivity contribution in [1.29, 1.82) is 0 Å². The predicted molar refractivity (Wildman–Crippen MR) is 76.8 cm³/mol. The summed E-state index contributed by atoms with van der Waals surface area (Å²) in [7, 11) is 0. The Morgan fingerprint density at radius 3 is 2.43 bits per heavy atom. The highest BCUT2D eigenvalue weighted by Gasteiger charge is 2.33. The summed E-state index contributed by atoms with van der Waals surface area (Å²) in [6.45, 7) is 6.06. The van der Waals surface area contributed by atoms with Crippen LogP contribution >= 0.6 is 11.6 Å². The van der Waals surface area contributed by atoms with E-state index in [2.05, 4.69) is 4.98 Å². The van der Waals surface area contributed by atoms with Crippen LogP contribution in [0.1, 0.15) is 49.6 Å². The molecule has 21 heavy (non-hydrogen) atoms. The summed E-state index contributed by atoms with van der Waals surface area (Å²) in [5.74, 6) is -0.0451. The maximum absolute atomic E-state index is 13.0. The van der Waals surface area contributed by atoms with Crippen LogP contribution in [-0.4, -0.2) is 15.9 Å². The Morgan fingerprint density at radius 2 is 1.95 bits per heavy atom. The second-order valence-electron chi connectivity index (χ2n) is 5.44. The van der Waals surface area contributed by atoms with Gasteiger partial charge in [0.2, 0.25) is 0 Å². The topological polar surface area (TPSA) is 43.3 Å². The molecule has 1 atom stereocenters. The summed E-state index contributed by atoms with van der Waals surface area (Å²) >= 11 is 5.99. The molecule has 0 saturated carbocycles. The Morgan fingerprint density at radius 1 is 1.33 bits per heavy atom. The van der Waals surface area contributed by atoms with Crippen molar-refractivity contribution in [1.82, 2.24) is 9.38 Å². The van der Waals surface area contributed by atoms with Crippen molar-refractivity contribution in [3.05, 3.63) is 34.2 Å². The lowest BCUT2D eigenvalue weighted by molar-refractivity contribution is -0.137. The van der Waals surface area contributed by atoms with Crippen molar-refractivity contribution in [3.8, 4) is 0 Å². The predicted octanol–water partition coefficient (Wildman–Crippen LogP) is 4.19. The highest BCUT2D eigenvalue weighted by atomic mass is 35.5. The van der Waals surface area contributed by atoms with Crippen LogP contribution in [0.25, 0.3) is 5.65 Å². The third-order valence-corrected chi connectivity index (χ3v) is 3.71. The highest BCUT2D eigenvalue weighted by molar-refractivity contribution is 6.33. The summed E-state index contributed by atoms with van der Waals surface area (Å²) in [4.78, 5) is 4.41. The average molecular weight is 320 g/mol. The molecule has 2 rings (SSSR count). The fourth-order valence-corrected chi connectivity index (χ4v) is 2.57. The SMILES string of the molecule is CC(C)c1nc2c(Cl)cc(C(F)(F)F)cn2c1C(C)CN. The molecule has 7 heteroatoms. The zero-order valence-electron chi connectivity index (χ0n) is 12.0. The summed E-state index contributed by atoms with van der Waals surface area (Å²) in [5, 5.41) is -0.0119. The van der Waals surface area contributed by atoms with Crippen LogP contribution in [0.5, 0.6) is 0 Å². The second kappa shape index (κ2) is 5.50. The Bertz CT molecular complexity index is 662. The Labute approximate surface area is 125 Å². The lowest BCUT2D eigenvalue weighted by Crippen LogP contribution is -2.14. The number of nitrogens with zero attached hydrogens (tertiary/aromatic N) is 2. The first-order valence-corrected chi connectivity index (χ1v) is 7.03. The number of hydrogen-bond acceptors (Lipinski definition) is 2. The Balaban J connectivity index is 2.82. The molecule has 2 N–H and O–H groups in total. The van der Waals surface area contributed by atoms with Gasteiger partial charge in [0.05, 0.1) is 22.0 Å². The van der Waals surface area contributed by atoms with E-state index in [-0.39, 0.29) is 16.9 Å². The number of aromatic nitrogens is 2. The van der Waals surface area contributed by atoms with E-state index in [1.54, 1.807) is 0 Å². The number of nitrogens with two attached hydrogens (primary N) is 1. The van der Waals surface area contributed by atoms with Crippen LogP contribution in [0, 0.1) is 0 Å². The number of hydrogen-bond donors (Lipinski definition) is 1. The third-order valence-electron chi connectivity index (χ3n) is 3.44. The van der Waals surface area contributed by atoms with Gasteiger partial charge < -0.3 is 10.1 Å². The van der Waals surface area contributed by atoms with Gasteiger partial charge in [-0.15, -0.1) is 0 Å². The highest BCUT2D eigenvalue weighted by Crippen LogP contribution is 2.35. The summed E-state index contributed by atoms with van der Waals surface area (Å²) in [5.41, 5.74) is 6.65. The molecule has 2 aromatic rings. The monoisotopic (exact) mass is 319 g/mol. The molecule has 0 amide bonds. The molecule has 3 nitrogen and oxygen atoms in total. The van der Waals surface area contributed by atoms with E-state index in [0.717, 1.165) is 18.0 Å². The van der Waals surface area contributed by atoms with Gasteiger partial charge in [-0.1, -0.05) is 32.4 Å². The smallest absolute Gasteiger partial charge is 0.330 e. The molecule has 0 aromatic carbocycles. The molecule has 0 radical (unpaired) electrons. The van der Waals surface area contributed by atoms with Gasteiger partial charge >= 0.3 is 6.18 Å². The summed E-state index contributed by atoms with van der Waals surface area (Å²) in [6, 6.07) is 0.908. The van der Waals surface area contributed by atoms with E-state index in [1.165, 1.54) is 4.40 Å². The van der Waals surface area contributed by atoms with E-state index in [0.29, 0.717) is 17.9 Å². The van der Waals surface area contributed by atoms with Crippen molar-refractivity contribution < 1.29 is 13.2 Å². The Kier molecular flexibility index (Phi) is 4.22. The van der Waals surface area contributed by atoms with Crippen molar-refractivity contribution >= 4 is 17.2 Å². The van der Waals surface area contributed by atoms with Crippen molar-refractivity contribution in [2.24, 2.45) is 5.73 Å². The van der Waals surface area contributed by atoms with Crippen LogP contribution in [-0.2, 0) is 6.18 Å². The van der Waals surface area contributed by atoms with Gasteiger partial charge in [-0.3, -0.25) is 0 Å². The standard InChI is InChI=1S/C14H17ClF3N3/c1-7(2)11-12(8(3)5-19)21-6-9(14(16,17)18)4-10(15)13(21)20-11/h4,6-8H,5,19H2,1-3H3. The molecule has 0 aliphatic heterocycles. The van der Waals surface area contributed by atoms with Crippen molar-refractivity contribution in [3.63, 3.8) is 0 Å². The van der Waals surface area contributed by atoms with Crippen LogP contribution in [0.15, 0.2) is 12.3 Å². The molecule has 1 unspecified atom stereocenters. The molecule has 0 aliphatic rings. The van der Waals surface area contributed by atoms with Gasteiger partial charge in [-0.25, -0.2) is 4.98 Å². The third kappa shape index (κ3) is 2.87. The van der Waals surface area contributed by atoms with Crippen molar-refractivity contribution in [2.75, 3.05) is 6.54 Å². The van der Waals surface area contributed by atoms with Crippen LogP contribution < -0.4 is 5.73 Å². The van der Waals surface area contributed by atoms with E-state index >= 15 is 0 Å². The number of rotatable bonds is 3. The molecule has 0 bridgehead atoms. The fourth-order valence-electron chi connectivity index (χ4n) is 2.32. The van der Waals surface area contributed by atoms with Crippen molar-refractivity contribution in [2.45, 2.75) is 38.8 Å². The van der Waals surface area contributed by atoms with Crippen LogP contribution in [0.4, 0.5) is 13.2 Å². The van der Waals surface area contributed by atoms with E-state index in [1.807, 2.05) is 20.8 Å². The number of pyridine rings is 1. The molecule has 116 valence electrons. The number of fused-ring (bicyclic) bond motifs is 1. The largest absolute Gasteiger partial charge is 0.417 e. The van der Waals surface area contributed by atoms with Gasteiger partial charge in [0, 0.05) is 18.7 Å². The first kappa shape index (κ1) is 16.1. The lowest BCUT2D eigenvalue weighted by atomic mass is 10.00. The van der Waals surface area contributed by atoms with Gasteiger partial charge in [0.15, 0.2) is 5.65 Å². The van der Waals surface area contributed by atoms with E-state index in [4.69, 9.17) is 17.3 Å². The zero-order chi connectivity index (χ0) is 15.9. The molecular weight excluding hydrogens is 303 g/mol. The lowest BCUT2D eigenvalue weighted by Gasteiger charge is -2.14. The fraction of sp³-hybridized carbons (Fsp3) is 0.500. The number of alkyl halides is 3. The Hall–Kier alpha value is -1.27. The van der Waals surface area contributed by atoms with E-state index in [9.17, 15) is 13.2 Å². The second-order valence-corrected chi connectivity index (χ2v) is 5.85. The first-order valence-electron chi connectivity index (χ1n) is 6.65. The first-order chi connectivity index (χ1) is 9.66. The number of imidazole rings is 1. The average Bonchev–Trinajstić information content (AvgIpc) is 2.77. The molecule has 2 aromatic heterocycles. The minimum absolute atomic E-state index is 0.0119. The maximum Gasteiger partial charge on any atom is 0.417 e. The van der Waals surface area contributed by atoms with Gasteiger partial charge in [-0.05, 0) is 12.0 Å².